The molecule has 7 N–H and O–H groups in total. The van der Waals surface area contributed by atoms with Gasteiger partial charge in [0.25, 0.3) is 0 Å². The molecule has 3 amide bonds. The normalized spacial score (nSPS) is 15.0. The molecule has 30 heavy (non-hydrogen) atoms. The van der Waals surface area contributed by atoms with E-state index in [1.807, 2.05) is 0 Å². The van der Waals surface area contributed by atoms with Gasteiger partial charge in [0.2, 0.25) is 17.7 Å². The Bertz CT molecular complexity index is 730. The van der Waals surface area contributed by atoms with Gasteiger partial charge in [-0.05, 0) is 5.92 Å². The minimum absolute atomic E-state index is 0.0748. The molecule has 0 aliphatic rings. The zero-order valence-electron chi connectivity index (χ0n) is 16.7. The molecule has 0 bridgehead atoms. The first-order valence-corrected chi connectivity index (χ1v) is 10.5. The number of hydrogen-bond donors (Lipinski definition) is 8. The summed E-state index contributed by atoms with van der Waals surface area (Å²) >= 11 is 7.92. The number of aliphatic carboxylic acids is 1. The second-order valence-corrected chi connectivity index (χ2v) is 7.67. The van der Waals surface area contributed by atoms with Crippen LogP contribution in [0.2, 0.25) is 0 Å². The van der Waals surface area contributed by atoms with Crippen LogP contribution < -0.4 is 21.7 Å². The molecule has 0 fully saturated rings. The number of hydrogen-bond acceptors (Lipinski definition) is 8. The topological polar surface area (TPSA) is 179 Å². The average Bonchev–Trinajstić information content (AvgIpc) is 3.19. The van der Waals surface area contributed by atoms with E-state index in [4.69, 9.17) is 10.8 Å². The zero-order valence-corrected chi connectivity index (χ0v) is 18.5. The highest BCUT2D eigenvalue weighted by atomic mass is 32.1. The number of amides is 3. The van der Waals surface area contributed by atoms with Gasteiger partial charge < -0.3 is 31.8 Å². The van der Waals surface area contributed by atoms with Gasteiger partial charge in [0.15, 0.2) is 0 Å². The Morgan fingerprint density at radius 3 is 2.13 bits per heavy atom. The van der Waals surface area contributed by atoms with Crippen molar-refractivity contribution in [1.29, 1.82) is 0 Å². The van der Waals surface area contributed by atoms with E-state index in [2.05, 4.69) is 51.2 Å². The van der Waals surface area contributed by atoms with Gasteiger partial charge in [-0.3, -0.25) is 14.4 Å². The number of carbonyl (C=O) groups excluding carboxylic acids is 3. The van der Waals surface area contributed by atoms with Crippen LogP contribution in [-0.2, 0) is 25.6 Å². The van der Waals surface area contributed by atoms with Crippen molar-refractivity contribution < 1.29 is 24.3 Å². The summed E-state index contributed by atoms with van der Waals surface area (Å²) in [6.07, 6.45) is 3.22. The molecule has 0 radical (unpaired) electrons. The average molecular weight is 461 g/mol. The van der Waals surface area contributed by atoms with Crippen molar-refractivity contribution in [1.82, 2.24) is 25.9 Å². The summed E-state index contributed by atoms with van der Waals surface area (Å²) in [4.78, 5) is 55.2. The number of nitrogens with one attached hydrogen (secondary N) is 4. The van der Waals surface area contributed by atoms with E-state index in [0.717, 1.165) is 0 Å². The maximum absolute atomic E-state index is 12.7. The number of carbonyl (C=O) groups is 4. The van der Waals surface area contributed by atoms with Crippen molar-refractivity contribution >= 4 is 48.9 Å². The molecule has 13 heteroatoms. The maximum atomic E-state index is 12.7. The Kier molecular flexibility index (Phi) is 10.7. The molecule has 11 nitrogen and oxygen atoms in total. The van der Waals surface area contributed by atoms with E-state index < -0.39 is 47.9 Å². The van der Waals surface area contributed by atoms with Gasteiger partial charge in [0, 0.05) is 29.8 Å². The molecule has 0 aromatic carbocycles. The number of nitrogens with zero attached hydrogens (tertiary/aromatic N) is 1. The SMILES string of the molecule is CC(C)C(NC(=O)C(N)Cc1cnc[nH]1)C(=O)NC(CS)C(=O)NC(CS)C(=O)O. The van der Waals surface area contributed by atoms with Gasteiger partial charge >= 0.3 is 5.97 Å². The van der Waals surface area contributed by atoms with E-state index in [9.17, 15) is 19.2 Å². The lowest BCUT2D eigenvalue weighted by atomic mass is 10.0. The molecule has 1 aromatic heterocycles. The third-order valence-corrected chi connectivity index (χ3v) is 4.92. The Morgan fingerprint density at radius 2 is 1.67 bits per heavy atom. The number of nitrogens with two attached hydrogens (primary N) is 1. The lowest BCUT2D eigenvalue weighted by molar-refractivity contribution is -0.141. The van der Waals surface area contributed by atoms with E-state index in [1.165, 1.54) is 6.33 Å². The maximum Gasteiger partial charge on any atom is 0.327 e. The highest BCUT2D eigenvalue weighted by Crippen LogP contribution is 2.05. The molecular formula is C17H28N6O5S2. The van der Waals surface area contributed by atoms with Crippen LogP contribution in [0.1, 0.15) is 19.5 Å². The highest BCUT2D eigenvalue weighted by molar-refractivity contribution is 7.80. The Morgan fingerprint density at radius 1 is 1.07 bits per heavy atom. The molecule has 4 unspecified atom stereocenters. The van der Waals surface area contributed by atoms with Crippen molar-refractivity contribution in [2.45, 2.75) is 44.4 Å². The highest BCUT2D eigenvalue weighted by Gasteiger charge is 2.31. The second kappa shape index (κ2) is 12.4. The molecule has 0 spiro atoms. The van der Waals surface area contributed by atoms with Gasteiger partial charge in [-0.2, -0.15) is 25.3 Å². The fraction of sp³-hybridized carbons (Fsp3) is 0.588. The lowest BCUT2D eigenvalue weighted by Crippen LogP contribution is -2.59. The molecule has 4 atom stereocenters. The lowest BCUT2D eigenvalue weighted by Gasteiger charge is -2.26. The first-order chi connectivity index (χ1) is 14.1. The van der Waals surface area contributed by atoms with Crippen LogP contribution in [0.15, 0.2) is 12.5 Å². The van der Waals surface area contributed by atoms with Crippen LogP contribution in [-0.4, -0.2) is 74.4 Å². The molecule has 1 heterocycles. The number of thiol groups is 2. The first-order valence-electron chi connectivity index (χ1n) is 9.19. The summed E-state index contributed by atoms with van der Waals surface area (Å²) in [5.41, 5.74) is 6.57. The van der Waals surface area contributed by atoms with E-state index >= 15 is 0 Å². The molecule has 0 saturated carbocycles. The minimum Gasteiger partial charge on any atom is -0.480 e. The summed E-state index contributed by atoms with van der Waals surface area (Å²) in [6.45, 7) is 3.45. The van der Waals surface area contributed by atoms with Crippen molar-refractivity contribution in [2.75, 3.05) is 11.5 Å². The predicted octanol–water partition coefficient (Wildman–Crippen LogP) is -1.67. The molecule has 1 rings (SSSR count). The Balaban J connectivity index is 2.75. The molecule has 168 valence electrons. The molecule has 0 saturated heterocycles. The van der Waals surface area contributed by atoms with Gasteiger partial charge in [-0.15, -0.1) is 0 Å². The summed E-state index contributed by atoms with van der Waals surface area (Å²) in [5.74, 6) is -3.61. The van der Waals surface area contributed by atoms with Gasteiger partial charge in [-0.1, -0.05) is 13.8 Å². The predicted molar refractivity (Wildman–Crippen MR) is 116 cm³/mol. The van der Waals surface area contributed by atoms with E-state index in [0.29, 0.717) is 5.69 Å². The fourth-order valence-corrected chi connectivity index (χ4v) is 2.94. The van der Waals surface area contributed by atoms with Crippen molar-refractivity contribution in [3.05, 3.63) is 18.2 Å². The summed E-state index contributed by atoms with van der Waals surface area (Å²) in [6, 6.07) is -4.17. The number of imidazole rings is 1. The van der Waals surface area contributed by atoms with Gasteiger partial charge in [0.05, 0.1) is 12.4 Å². The number of aromatic amines is 1. The third-order valence-electron chi connectivity index (χ3n) is 4.19. The van der Waals surface area contributed by atoms with Crippen LogP contribution in [0.4, 0.5) is 0 Å². The van der Waals surface area contributed by atoms with Gasteiger partial charge in [-0.25, -0.2) is 9.78 Å². The number of aromatic nitrogens is 2. The monoisotopic (exact) mass is 460 g/mol. The molecular weight excluding hydrogens is 432 g/mol. The quantitative estimate of drug-likeness (QED) is 0.172. The minimum atomic E-state index is -1.25. The van der Waals surface area contributed by atoms with Crippen molar-refractivity contribution in [2.24, 2.45) is 11.7 Å². The standard InChI is InChI=1S/C17H28N6O5S2/c1-8(2)13(23-14(24)10(18)3-9-4-19-7-20-9)16(26)21-11(5-29)15(25)22-12(6-30)17(27)28/h4,7-8,10-13,29-30H,3,5-6,18H2,1-2H3,(H,19,20)(H,21,26)(H,22,25)(H,23,24)(H,27,28). The molecule has 0 aliphatic heterocycles. The van der Waals surface area contributed by atoms with E-state index in [1.54, 1.807) is 20.0 Å². The van der Waals surface area contributed by atoms with Gasteiger partial charge in [0.1, 0.15) is 18.1 Å². The number of carboxylic acid groups (broad SMARTS) is 1. The summed E-state index contributed by atoms with van der Waals surface area (Å²) in [5, 5.41) is 16.4. The largest absolute Gasteiger partial charge is 0.480 e. The number of carboxylic acids is 1. The third kappa shape index (κ3) is 7.88. The van der Waals surface area contributed by atoms with E-state index in [-0.39, 0.29) is 23.8 Å². The first kappa shape index (κ1) is 25.8. The van der Waals surface area contributed by atoms with Crippen LogP contribution >= 0.6 is 25.3 Å². The van der Waals surface area contributed by atoms with Crippen LogP contribution in [0.25, 0.3) is 0 Å². The number of H-pyrrole nitrogens is 1. The number of rotatable bonds is 12. The van der Waals surface area contributed by atoms with Crippen LogP contribution in [0.5, 0.6) is 0 Å². The summed E-state index contributed by atoms with van der Waals surface area (Å²) < 4.78 is 0. The molecule has 1 aromatic rings. The summed E-state index contributed by atoms with van der Waals surface area (Å²) in [7, 11) is 0. The zero-order chi connectivity index (χ0) is 22.8. The Hall–Kier alpha value is -2.25. The fourth-order valence-electron chi connectivity index (χ4n) is 2.43. The second-order valence-electron chi connectivity index (χ2n) is 6.94. The smallest absolute Gasteiger partial charge is 0.327 e. The van der Waals surface area contributed by atoms with Crippen molar-refractivity contribution in [3.8, 4) is 0 Å². The molecule has 0 aliphatic carbocycles. The Labute approximate surface area is 185 Å². The van der Waals surface area contributed by atoms with Crippen molar-refractivity contribution in [3.63, 3.8) is 0 Å². The van der Waals surface area contributed by atoms with Crippen LogP contribution in [0.3, 0.4) is 0 Å². The van der Waals surface area contributed by atoms with Crippen LogP contribution in [0, 0.1) is 5.92 Å².